The summed E-state index contributed by atoms with van der Waals surface area (Å²) in [6.45, 7) is 7.26. The molecular formula is C22H28N5O-. The highest BCUT2D eigenvalue weighted by atomic mass is 16.5. The normalized spacial score (nSPS) is 31.9. The summed E-state index contributed by atoms with van der Waals surface area (Å²) in [5, 5.41) is 10.6. The van der Waals surface area contributed by atoms with E-state index in [4.69, 9.17) is 15.1 Å². The van der Waals surface area contributed by atoms with Crippen molar-refractivity contribution in [2.45, 2.75) is 57.8 Å². The molecule has 0 aromatic heterocycles. The van der Waals surface area contributed by atoms with Gasteiger partial charge in [-0.3, -0.25) is 15.8 Å². The van der Waals surface area contributed by atoms with Crippen molar-refractivity contribution in [2.75, 3.05) is 19.6 Å². The van der Waals surface area contributed by atoms with Gasteiger partial charge in [0.1, 0.15) is 6.34 Å². The fraction of sp³-hybridized carbons (Fsp3) is 0.591. The predicted molar refractivity (Wildman–Crippen MR) is 112 cm³/mol. The Labute approximate surface area is 166 Å². The summed E-state index contributed by atoms with van der Waals surface area (Å²) >= 11 is 0. The van der Waals surface area contributed by atoms with Crippen LogP contribution >= 0.6 is 0 Å². The molecule has 2 fully saturated rings. The van der Waals surface area contributed by atoms with Gasteiger partial charge in [-0.15, -0.1) is 0 Å². The Hall–Kier alpha value is -2.14. The van der Waals surface area contributed by atoms with Crippen molar-refractivity contribution in [1.29, 1.82) is 0 Å². The quantitative estimate of drug-likeness (QED) is 0.751. The number of aliphatic imine (C=N–C) groups is 2. The standard InChI is InChI=1S/C22H28N5O/c1-15-12-27(13-16(2)28-15)19-6-3-17(4-7-19)11-24-22-20-9-18(10-23)5-8-21(20)25-14-26-22/h5,8-9,14-17,19H,3-4,6-7,11-13H2,1-2H3/q-1. The van der Waals surface area contributed by atoms with Crippen LogP contribution in [0.3, 0.4) is 0 Å². The Morgan fingerprint density at radius 1 is 1.18 bits per heavy atom. The number of amidine groups is 1. The van der Waals surface area contributed by atoms with E-state index in [2.05, 4.69) is 34.6 Å². The minimum Gasteiger partial charge on any atom is -0.763 e. The first-order valence-corrected chi connectivity index (χ1v) is 10.3. The molecule has 1 aliphatic carbocycles. The molecule has 0 amide bonds. The van der Waals surface area contributed by atoms with E-state index in [1.807, 2.05) is 12.1 Å². The van der Waals surface area contributed by atoms with Gasteiger partial charge in [-0.2, -0.15) is 0 Å². The maximum atomic E-state index is 9.15. The minimum absolute atomic E-state index is 0.334. The van der Waals surface area contributed by atoms with Gasteiger partial charge in [-0.05, 0) is 68.9 Å². The van der Waals surface area contributed by atoms with Crippen LogP contribution in [0.15, 0.2) is 33.2 Å². The van der Waals surface area contributed by atoms with Crippen LogP contribution < -0.4 is 10.6 Å². The molecule has 0 radical (unpaired) electrons. The molecule has 3 aliphatic rings. The molecule has 1 aromatic carbocycles. The number of rotatable bonds is 3. The molecule has 1 saturated heterocycles. The Kier molecular flexibility index (Phi) is 5.81. The third-order valence-electron chi connectivity index (χ3n) is 6.02. The molecule has 28 heavy (non-hydrogen) atoms. The number of hydrogen-bond acceptors (Lipinski definition) is 4. The fourth-order valence-electron chi connectivity index (χ4n) is 4.66. The highest BCUT2D eigenvalue weighted by molar-refractivity contribution is 6.04. The van der Waals surface area contributed by atoms with E-state index in [9.17, 15) is 0 Å². The van der Waals surface area contributed by atoms with Crippen molar-refractivity contribution in [2.24, 2.45) is 20.9 Å². The zero-order valence-electron chi connectivity index (χ0n) is 16.7. The van der Waals surface area contributed by atoms with Crippen molar-refractivity contribution >= 4 is 18.0 Å². The van der Waals surface area contributed by atoms with Crippen molar-refractivity contribution in [3.05, 3.63) is 39.7 Å². The topological polar surface area (TPSA) is 71.9 Å². The van der Waals surface area contributed by atoms with Gasteiger partial charge in [0.25, 0.3) is 0 Å². The van der Waals surface area contributed by atoms with Gasteiger partial charge in [0.15, 0.2) is 5.84 Å². The second-order valence-corrected chi connectivity index (χ2v) is 8.27. The molecule has 2 atom stereocenters. The van der Waals surface area contributed by atoms with E-state index in [1.165, 1.54) is 25.7 Å². The highest BCUT2D eigenvalue weighted by Crippen LogP contribution is 2.29. The summed E-state index contributed by atoms with van der Waals surface area (Å²) in [5.41, 5.74) is 0.867. The number of benzene rings is 1. The smallest absolute Gasteiger partial charge is 0.158 e. The first-order chi connectivity index (χ1) is 13.6. The van der Waals surface area contributed by atoms with E-state index in [1.54, 1.807) is 12.4 Å². The second kappa shape index (κ2) is 8.48. The van der Waals surface area contributed by atoms with Gasteiger partial charge in [-0.1, -0.05) is 0 Å². The third kappa shape index (κ3) is 4.30. The van der Waals surface area contributed by atoms with Gasteiger partial charge >= 0.3 is 0 Å². The summed E-state index contributed by atoms with van der Waals surface area (Å²) in [7, 11) is 0. The zero-order chi connectivity index (χ0) is 19.5. The van der Waals surface area contributed by atoms with Gasteiger partial charge in [-0.25, -0.2) is 9.98 Å². The average Bonchev–Trinajstić information content (AvgIpc) is 2.71. The Morgan fingerprint density at radius 2 is 1.93 bits per heavy atom. The number of hydrogen-bond donors (Lipinski definition) is 0. The molecule has 4 rings (SSSR count). The van der Waals surface area contributed by atoms with E-state index < -0.39 is 0 Å². The maximum Gasteiger partial charge on any atom is 0.158 e. The van der Waals surface area contributed by atoms with Crippen molar-refractivity contribution in [3.8, 4) is 0 Å². The minimum atomic E-state index is 0.334. The van der Waals surface area contributed by atoms with E-state index in [0.29, 0.717) is 35.2 Å². The lowest BCUT2D eigenvalue weighted by molar-refractivity contribution is -0.0851. The molecular weight excluding hydrogens is 350 g/mol. The summed E-state index contributed by atoms with van der Waals surface area (Å²) < 4.78 is 5.88. The van der Waals surface area contributed by atoms with E-state index >= 15 is 0 Å². The molecule has 0 spiro atoms. The van der Waals surface area contributed by atoms with Crippen molar-refractivity contribution in [3.63, 3.8) is 0 Å². The summed E-state index contributed by atoms with van der Waals surface area (Å²) in [5.74, 6) is 3.50. The van der Waals surface area contributed by atoms with Crippen LogP contribution in [0, 0.1) is 5.92 Å². The lowest BCUT2D eigenvalue weighted by Gasteiger charge is -2.42. The molecule has 2 heterocycles. The predicted octanol–water partition coefficient (Wildman–Crippen LogP) is 1.67. The van der Waals surface area contributed by atoms with Crippen LogP contribution in [-0.4, -0.2) is 60.8 Å². The van der Waals surface area contributed by atoms with Crippen LogP contribution in [-0.2, 0) is 4.74 Å². The van der Waals surface area contributed by atoms with Gasteiger partial charge in [0, 0.05) is 31.2 Å². The van der Waals surface area contributed by atoms with Gasteiger partial charge in [0.2, 0.25) is 0 Å². The summed E-state index contributed by atoms with van der Waals surface area (Å²) in [6, 6.07) is 6.17. The van der Waals surface area contributed by atoms with Crippen molar-refractivity contribution < 1.29 is 4.74 Å². The number of morpholine rings is 1. The largest absolute Gasteiger partial charge is 0.763 e. The summed E-state index contributed by atoms with van der Waals surface area (Å²) in [6.07, 6.45) is 7.12. The third-order valence-corrected chi connectivity index (χ3v) is 6.02. The average molecular weight is 379 g/mol. The second-order valence-electron chi connectivity index (χ2n) is 8.27. The molecule has 2 aliphatic heterocycles. The molecule has 6 heteroatoms. The monoisotopic (exact) mass is 378 g/mol. The molecule has 0 bridgehead atoms. The molecule has 1 saturated carbocycles. The van der Waals surface area contributed by atoms with Crippen LogP contribution in [0.25, 0.3) is 5.41 Å². The molecule has 148 valence electrons. The zero-order valence-corrected chi connectivity index (χ0v) is 16.7. The first kappa shape index (κ1) is 19.2. The lowest BCUT2D eigenvalue weighted by Crippen LogP contribution is -2.51. The molecule has 6 nitrogen and oxygen atoms in total. The highest BCUT2D eigenvalue weighted by Gasteiger charge is 2.31. The van der Waals surface area contributed by atoms with Gasteiger partial charge < -0.3 is 10.1 Å². The van der Waals surface area contributed by atoms with Crippen molar-refractivity contribution in [1.82, 2.24) is 4.90 Å². The number of ether oxygens (including phenoxy) is 1. The number of nitrogens with zero attached hydrogens (tertiary/aromatic N) is 5. The fourth-order valence-corrected chi connectivity index (χ4v) is 4.66. The number of fused-ring (bicyclic) bond motifs is 1. The molecule has 2 unspecified atom stereocenters. The van der Waals surface area contributed by atoms with Crippen LogP contribution in [0.2, 0.25) is 0 Å². The SMILES string of the molecule is CC1CN(C2CCC(CN=C3N=CN=c4ccc(=C=[N-])cc43)CC2)CC(C)O1. The van der Waals surface area contributed by atoms with Crippen LogP contribution in [0.4, 0.5) is 0 Å². The summed E-state index contributed by atoms with van der Waals surface area (Å²) in [4.78, 5) is 16.1. The maximum absolute atomic E-state index is 9.15. The van der Waals surface area contributed by atoms with E-state index in [-0.39, 0.29) is 0 Å². The van der Waals surface area contributed by atoms with E-state index in [0.717, 1.165) is 30.6 Å². The van der Waals surface area contributed by atoms with Crippen LogP contribution in [0.1, 0.15) is 45.1 Å². The lowest BCUT2D eigenvalue weighted by atomic mass is 9.85. The molecule has 0 N–H and O–H groups in total. The first-order valence-electron chi connectivity index (χ1n) is 10.3. The molecule has 1 aromatic rings. The Morgan fingerprint density at radius 3 is 2.64 bits per heavy atom. The van der Waals surface area contributed by atoms with Crippen LogP contribution in [0.5, 0.6) is 0 Å². The Bertz CT molecular complexity index is 899. The Balaban J connectivity index is 1.37. The van der Waals surface area contributed by atoms with Gasteiger partial charge in [0.05, 0.1) is 17.6 Å².